The van der Waals surface area contributed by atoms with Crippen LogP contribution >= 0.6 is 0 Å². The number of methoxy groups -OCH3 is 1. The molecule has 0 unspecified atom stereocenters. The maximum atomic E-state index is 13.0. The molecule has 1 aromatic heterocycles. The summed E-state index contributed by atoms with van der Waals surface area (Å²) in [5.74, 6) is 2.49. The molecule has 2 aliphatic rings. The van der Waals surface area contributed by atoms with Crippen molar-refractivity contribution in [2.75, 3.05) is 13.7 Å². The van der Waals surface area contributed by atoms with Crippen molar-refractivity contribution in [1.82, 2.24) is 19.7 Å². The maximum Gasteiger partial charge on any atom is 0.223 e. The number of amides is 1. The van der Waals surface area contributed by atoms with E-state index in [1.165, 1.54) is 11.1 Å². The number of nitrogens with zero attached hydrogens (tertiary/aromatic N) is 4. The molecule has 138 valence electrons. The fourth-order valence-electron chi connectivity index (χ4n) is 4.35. The van der Waals surface area contributed by atoms with Gasteiger partial charge in [0.25, 0.3) is 0 Å². The number of rotatable bonds is 4. The van der Waals surface area contributed by atoms with Crippen molar-refractivity contribution in [2.24, 2.45) is 5.92 Å². The third kappa shape index (κ3) is 3.26. The van der Waals surface area contributed by atoms with Crippen LogP contribution in [0.15, 0.2) is 24.3 Å². The number of fused-ring (bicyclic) bond motifs is 2. The lowest BCUT2D eigenvalue weighted by molar-refractivity contribution is -0.134. The van der Waals surface area contributed by atoms with Gasteiger partial charge in [-0.2, -0.15) is 0 Å². The lowest BCUT2D eigenvalue weighted by Crippen LogP contribution is -2.41. The molecule has 0 bridgehead atoms. The van der Waals surface area contributed by atoms with E-state index in [1.54, 1.807) is 7.11 Å². The molecule has 6 nitrogen and oxygen atoms in total. The van der Waals surface area contributed by atoms with Crippen LogP contribution in [0.25, 0.3) is 0 Å². The fourth-order valence-corrected chi connectivity index (χ4v) is 4.35. The number of benzene rings is 1. The third-order valence-electron chi connectivity index (χ3n) is 5.67. The average Bonchev–Trinajstić information content (AvgIpc) is 3.14. The molecule has 1 aromatic carbocycles. The van der Waals surface area contributed by atoms with E-state index < -0.39 is 0 Å². The molecule has 0 N–H and O–H groups in total. The van der Waals surface area contributed by atoms with Gasteiger partial charge in [-0.3, -0.25) is 4.79 Å². The molecule has 6 heteroatoms. The summed E-state index contributed by atoms with van der Waals surface area (Å²) in [6, 6.07) is 8.71. The highest BCUT2D eigenvalue weighted by atomic mass is 16.5. The van der Waals surface area contributed by atoms with Gasteiger partial charge in [0.2, 0.25) is 5.91 Å². The summed E-state index contributed by atoms with van der Waals surface area (Å²) >= 11 is 0. The smallest absolute Gasteiger partial charge is 0.223 e. The Morgan fingerprint density at radius 3 is 2.58 bits per heavy atom. The van der Waals surface area contributed by atoms with Gasteiger partial charge in [-0.15, -0.1) is 10.2 Å². The van der Waals surface area contributed by atoms with Crippen molar-refractivity contribution < 1.29 is 9.53 Å². The number of ether oxygens (including phenoxy) is 1. The van der Waals surface area contributed by atoms with Gasteiger partial charge in [0.05, 0.1) is 0 Å². The molecule has 0 fully saturated rings. The lowest BCUT2D eigenvalue weighted by atomic mass is 10.0. The number of carbonyl (C=O) groups excluding carboxylic acids is 1. The molecule has 26 heavy (non-hydrogen) atoms. The molecule has 2 heterocycles. The molecular formula is C20H26N4O2. The molecule has 1 aliphatic heterocycles. The van der Waals surface area contributed by atoms with Crippen LogP contribution in [-0.4, -0.2) is 45.3 Å². The minimum atomic E-state index is 0.145. The standard InChI is InChI=1S/C20H26N4O2/c1-14-9-18-21-22-19(13-26-2)24(18)8-7-23(14)20(25)12-15-10-16-5-3-4-6-17(16)11-15/h3-6,14-15H,7-13H2,1-2H3/t14-/m0/s1. The highest BCUT2D eigenvalue weighted by Gasteiger charge is 2.30. The van der Waals surface area contributed by atoms with Crippen LogP contribution < -0.4 is 0 Å². The zero-order chi connectivity index (χ0) is 18.1. The van der Waals surface area contributed by atoms with Gasteiger partial charge < -0.3 is 14.2 Å². The Balaban J connectivity index is 1.41. The van der Waals surface area contributed by atoms with Crippen LogP contribution in [-0.2, 0) is 41.9 Å². The fraction of sp³-hybridized carbons (Fsp3) is 0.550. The highest BCUT2D eigenvalue weighted by molar-refractivity contribution is 5.77. The van der Waals surface area contributed by atoms with Gasteiger partial charge >= 0.3 is 0 Å². The Morgan fingerprint density at radius 2 is 1.88 bits per heavy atom. The number of carbonyl (C=O) groups is 1. The van der Waals surface area contributed by atoms with Crippen molar-refractivity contribution in [1.29, 1.82) is 0 Å². The summed E-state index contributed by atoms with van der Waals surface area (Å²) in [5, 5.41) is 8.53. The summed E-state index contributed by atoms with van der Waals surface area (Å²) in [5.41, 5.74) is 2.81. The zero-order valence-electron chi connectivity index (χ0n) is 15.5. The van der Waals surface area contributed by atoms with E-state index in [9.17, 15) is 4.79 Å². The summed E-state index contributed by atoms with van der Waals surface area (Å²) in [6.45, 7) is 4.01. The molecule has 1 amide bonds. The second kappa shape index (κ2) is 7.19. The summed E-state index contributed by atoms with van der Waals surface area (Å²) in [4.78, 5) is 15.0. The summed E-state index contributed by atoms with van der Waals surface area (Å²) < 4.78 is 7.32. The minimum absolute atomic E-state index is 0.145. The summed E-state index contributed by atoms with van der Waals surface area (Å²) in [7, 11) is 1.66. The number of hydrogen-bond acceptors (Lipinski definition) is 4. The van der Waals surface area contributed by atoms with Crippen molar-refractivity contribution in [2.45, 2.75) is 51.8 Å². The topological polar surface area (TPSA) is 60.3 Å². The molecule has 1 atom stereocenters. The lowest BCUT2D eigenvalue weighted by Gasteiger charge is -2.28. The van der Waals surface area contributed by atoms with Crippen LogP contribution in [0.3, 0.4) is 0 Å². The van der Waals surface area contributed by atoms with E-state index in [2.05, 4.69) is 46.0 Å². The Bertz CT molecular complexity index is 776. The molecule has 0 saturated heterocycles. The van der Waals surface area contributed by atoms with Crippen LogP contribution in [0.4, 0.5) is 0 Å². The van der Waals surface area contributed by atoms with E-state index in [4.69, 9.17) is 4.74 Å². The predicted molar refractivity (Wildman–Crippen MR) is 97.6 cm³/mol. The second-order valence-electron chi connectivity index (χ2n) is 7.50. The molecule has 4 rings (SSSR count). The molecule has 0 spiro atoms. The molecular weight excluding hydrogens is 328 g/mol. The summed E-state index contributed by atoms with van der Waals surface area (Å²) in [6.07, 6.45) is 3.42. The molecule has 0 saturated carbocycles. The Labute approximate surface area is 154 Å². The van der Waals surface area contributed by atoms with Crippen molar-refractivity contribution >= 4 is 5.91 Å². The Morgan fingerprint density at radius 1 is 1.15 bits per heavy atom. The first-order valence-electron chi connectivity index (χ1n) is 9.42. The Hall–Kier alpha value is -2.21. The first-order valence-corrected chi connectivity index (χ1v) is 9.42. The van der Waals surface area contributed by atoms with Gasteiger partial charge in [0.1, 0.15) is 12.4 Å². The predicted octanol–water partition coefficient (Wildman–Crippen LogP) is 2.00. The normalized spacial score (nSPS) is 19.9. The van der Waals surface area contributed by atoms with Crippen molar-refractivity contribution in [3.05, 3.63) is 47.0 Å². The van der Waals surface area contributed by atoms with E-state index in [0.717, 1.165) is 37.5 Å². The van der Waals surface area contributed by atoms with Crippen molar-refractivity contribution in [3.8, 4) is 0 Å². The zero-order valence-corrected chi connectivity index (χ0v) is 15.5. The maximum absolute atomic E-state index is 13.0. The number of hydrogen-bond donors (Lipinski definition) is 0. The van der Waals surface area contributed by atoms with E-state index >= 15 is 0 Å². The quantitative estimate of drug-likeness (QED) is 0.843. The van der Waals surface area contributed by atoms with Crippen LogP contribution in [0.5, 0.6) is 0 Å². The van der Waals surface area contributed by atoms with Gasteiger partial charge in [0, 0.05) is 39.1 Å². The van der Waals surface area contributed by atoms with Crippen LogP contribution in [0.1, 0.15) is 36.1 Å². The first kappa shape index (κ1) is 17.2. The van der Waals surface area contributed by atoms with Crippen molar-refractivity contribution in [3.63, 3.8) is 0 Å². The molecule has 2 aromatic rings. The van der Waals surface area contributed by atoms with Gasteiger partial charge in [-0.05, 0) is 36.8 Å². The average molecular weight is 354 g/mol. The number of aromatic nitrogens is 3. The van der Waals surface area contributed by atoms with E-state index in [0.29, 0.717) is 25.5 Å². The molecule has 1 aliphatic carbocycles. The van der Waals surface area contributed by atoms with Crippen LogP contribution in [0, 0.1) is 5.92 Å². The largest absolute Gasteiger partial charge is 0.377 e. The van der Waals surface area contributed by atoms with Gasteiger partial charge in [-0.1, -0.05) is 24.3 Å². The van der Waals surface area contributed by atoms with Crippen LogP contribution in [0.2, 0.25) is 0 Å². The minimum Gasteiger partial charge on any atom is -0.377 e. The molecule has 0 radical (unpaired) electrons. The third-order valence-corrected chi connectivity index (χ3v) is 5.67. The SMILES string of the molecule is COCc1nnc2n1CCN(C(=O)CC1Cc3ccccc3C1)[C@@H](C)C2. The highest BCUT2D eigenvalue weighted by Crippen LogP contribution is 2.29. The van der Waals surface area contributed by atoms with Gasteiger partial charge in [0.15, 0.2) is 5.82 Å². The van der Waals surface area contributed by atoms with Gasteiger partial charge in [-0.25, -0.2) is 0 Å². The monoisotopic (exact) mass is 354 g/mol. The Kier molecular flexibility index (Phi) is 4.76. The second-order valence-corrected chi connectivity index (χ2v) is 7.50. The van der Waals surface area contributed by atoms with E-state index in [-0.39, 0.29) is 11.9 Å². The van der Waals surface area contributed by atoms with E-state index in [1.807, 2.05) is 4.90 Å². The first-order chi connectivity index (χ1) is 12.7.